The number of nitrogens with one attached hydrogen (secondary N) is 3. The fraction of sp³-hybridized carbons (Fsp3) is 0.429. The van der Waals surface area contributed by atoms with E-state index >= 15 is 0 Å². The van der Waals surface area contributed by atoms with Gasteiger partial charge in [0.1, 0.15) is 5.25 Å². The van der Waals surface area contributed by atoms with Gasteiger partial charge in [0.2, 0.25) is 5.91 Å². The van der Waals surface area contributed by atoms with Gasteiger partial charge in [0, 0.05) is 23.7 Å². The van der Waals surface area contributed by atoms with Gasteiger partial charge < -0.3 is 16.0 Å². The van der Waals surface area contributed by atoms with E-state index in [-0.39, 0.29) is 12.1 Å². The highest BCUT2D eigenvalue weighted by Crippen LogP contribution is 2.19. The third-order valence-electron chi connectivity index (χ3n) is 3.33. The molecule has 3 amide bonds. The number of sulfone groups is 1. The zero-order valence-electron chi connectivity index (χ0n) is 12.4. The number of hydrogen-bond donors (Lipinski definition) is 3. The smallest absolute Gasteiger partial charge is 0.319 e. The van der Waals surface area contributed by atoms with Crippen LogP contribution in [-0.4, -0.2) is 37.9 Å². The fourth-order valence-electron chi connectivity index (χ4n) is 1.66. The highest BCUT2D eigenvalue weighted by atomic mass is 32.2. The van der Waals surface area contributed by atoms with Crippen LogP contribution in [0.25, 0.3) is 0 Å². The molecule has 1 fully saturated rings. The summed E-state index contributed by atoms with van der Waals surface area (Å²) in [7, 11) is -3.43. The Hall–Kier alpha value is -2.09. The molecule has 0 saturated heterocycles. The van der Waals surface area contributed by atoms with Crippen molar-refractivity contribution >= 4 is 33.2 Å². The van der Waals surface area contributed by atoms with Gasteiger partial charge in [-0.2, -0.15) is 0 Å². The summed E-state index contributed by atoms with van der Waals surface area (Å²) in [5.41, 5.74) is 1.06. The van der Waals surface area contributed by atoms with Gasteiger partial charge in [-0.25, -0.2) is 13.2 Å². The molecule has 0 spiro atoms. The Bertz CT molecular complexity index is 666. The van der Waals surface area contributed by atoms with Crippen molar-refractivity contribution in [2.45, 2.75) is 31.1 Å². The molecule has 1 aliphatic rings. The second-order valence-electron chi connectivity index (χ2n) is 5.41. The fourth-order valence-corrected chi connectivity index (χ4v) is 2.10. The van der Waals surface area contributed by atoms with Crippen LogP contribution in [0.5, 0.6) is 0 Å². The Kier molecular flexibility index (Phi) is 4.70. The number of rotatable bonds is 5. The van der Waals surface area contributed by atoms with Gasteiger partial charge >= 0.3 is 6.03 Å². The molecule has 0 radical (unpaired) electrons. The van der Waals surface area contributed by atoms with Crippen molar-refractivity contribution in [3.8, 4) is 0 Å². The molecule has 1 aromatic carbocycles. The Morgan fingerprint density at radius 3 is 2.05 bits per heavy atom. The molecule has 22 heavy (non-hydrogen) atoms. The first-order valence-electron chi connectivity index (χ1n) is 6.93. The van der Waals surface area contributed by atoms with Crippen molar-refractivity contribution in [2.24, 2.45) is 0 Å². The van der Waals surface area contributed by atoms with Crippen LogP contribution in [0.4, 0.5) is 16.2 Å². The molecule has 1 saturated carbocycles. The molecule has 120 valence electrons. The second-order valence-corrected chi connectivity index (χ2v) is 7.78. The quantitative estimate of drug-likeness (QED) is 0.760. The zero-order chi connectivity index (χ0) is 16.3. The minimum atomic E-state index is -3.43. The van der Waals surface area contributed by atoms with Crippen LogP contribution in [0.2, 0.25) is 0 Å². The summed E-state index contributed by atoms with van der Waals surface area (Å²) in [4.78, 5) is 23.3. The molecular formula is C14H19N3O4S. The summed E-state index contributed by atoms with van der Waals surface area (Å²) in [6.45, 7) is 1.34. The van der Waals surface area contributed by atoms with Crippen molar-refractivity contribution < 1.29 is 18.0 Å². The van der Waals surface area contributed by atoms with Crippen LogP contribution < -0.4 is 16.0 Å². The molecule has 7 nitrogen and oxygen atoms in total. The van der Waals surface area contributed by atoms with Gasteiger partial charge in [-0.05, 0) is 44.0 Å². The SMILES string of the molecule is CC(C(=O)Nc1ccc(NC(=O)NC2CC2)cc1)S(C)(=O)=O. The first kappa shape index (κ1) is 16.3. The van der Waals surface area contributed by atoms with Crippen molar-refractivity contribution in [3.05, 3.63) is 24.3 Å². The molecule has 0 aliphatic heterocycles. The third kappa shape index (κ3) is 4.73. The van der Waals surface area contributed by atoms with Crippen molar-refractivity contribution in [1.29, 1.82) is 0 Å². The lowest BCUT2D eigenvalue weighted by atomic mass is 10.2. The summed E-state index contributed by atoms with van der Waals surface area (Å²) >= 11 is 0. The lowest BCUT2D eigenvalue weighted by Gasteiger charge is -2.11. The lowest BCUT2D eigenvalue weighted by Crippen LogP contribution is -2.31. The maximum absolute atomic E-state index is 11.8. The van der Waals surface area contributed by atoms with E-state index in [9.17, 15) is 18.0 Å². The summed E-state index contributed by atoms with van der Waals surface area (Å²) < 4.78 is 22.6. The molecule has 1 atom stereocenters. The number of urea groups is 1. The molecule has 3 N–H and O–H groups in total. The van der Waals surface area contributed by atoms with Gasteiger partial charge in [-0.15, -0.1) is 0 Å². The van der Waals surface area contributed by atoms with E-state index in [1.165, 1.54) is 6.92 Å². The normalized spacial score (nSPS) is 15.7. The van der Waals surface area contributed by atoms with E-state index < -0.39 is 21.0 Å². The molecule has 1 aliphatic carbocycles. The number of carbonyl (C=O) groups is 2. The van der Waals surface area contributed by atoms with E-state index in [1.807, 2.05) is 0 Å². The number of benzene rings is 1. The van der Waals surface area contributed by atoms with E-state index in [0.29, 0.717) is 11.4 Å². The highest BCUT2D eigenvalue weighted by molar-refractivity contribution is 7.92. The van der Waals surface area contributed by atoms with Crippen molar-refractivity contribution in [1.82, 2.24) is 5.32 Å². The van der Waals surface area contributed by atoms with Crippen LogP contribution in [0.1, 0.15) is 19.8 Å². The van der Waals surface area contributed by atoms with Crippen molar-refractivity contribution in [3.63, 3.8) is 0 Å². The van der Waals surface area contributed by atoms with E-state index in [0.717, 1.165) is 19.1 Å². The number of carbonyl (C=O) groups excluding carboxylic acids is 2. The second kappa shape index (κ2) is 6.35. The number of anilines is 2. The zero-order valence-corrected chi connectivity index (χ0v) is 13.2. The first-order chi connectivity index (χ1) is 10.3. The average molecular weight is 325 g/mol. The average Bonchev–Trinajstić information content (AvgIpc) is 3.22. The van der Waals surface area contributed by atoms with Crippen LogP contribution in [0.3, 0.4) is 0 Å². The summed E-state index contributed by atoms with van der Waals surface area (Å²) in [6.07, 6.45) is 3.04. The predicted molar refractivity (Wildman–Crippen MR) is 84.6 cm³/mol. The van der Waals surface area contributed by atoms with Crippen LogP contribution in [0, 0.1) is 0 Å². The number of amides is 3. The predicted octanol–water partition coefficient (Wildman–Crippen LogP) is 1.34. The molecule has 0 heterocycles. The monoisotopic (exact) mass is 325 g/mol. The van der Waals surface area contributed by atoms with E-state index in [4.69, 9.17) is 0 Å². The van der Waals surface area contributed by atoms with Gasteiger partial charge in [0.15, 0.2) is 9.84 Å². The van der Waals surface area contributed by atoms with E-state index in [1.54, 1.807) is 24.3 Å². The topological polar surface area (TPSA) is 104 Å². The van der Waals surface area contributed by atoms with Crippen LogP contribution >= 0.6 is 0 Å². The first-order valence-corrected chi connectivity index (χ1v) is 8.88. The Morgan fingerprint density at radius 2 is 1.59 bits per heavy atom. The molecule has 8 heteroatoms. The third-order valence-corrected chi connectivity index (χ3v) is 4.83. The largest absolute Gasteiger partial charge is 0.335 e. The van der Waals surface area contributed by atoms with Crippen molar-refractivity contribution in [2.75, 3.05) is 16.9 Å². The van der Waals surface area contributed by atoms with E-state index in [2.05, 4.69) is 16.0 Å². The molecule has 0 aromatic heterocycles. The van der Waals surface area contributed by atoms with Gasteiger partial charge in [0.05, 0.1) is 0 Å². The Balaban J connectivity index is 1.91. The maximum atomic E-state index is 11.8. The Morgan fingerprint density at radius 1 is 1.09 bits per heavy atom. The Labute approximate surface area is 129 Å². The minimum absolute atomic E-state index is 0.259. The molecule has 0 bridgehead atoms. The van der Waals surface area contributed by atoms with Gasteiger partial charge in [-0.1, -0.05) is 0 Å². The lowest BCUT2D eigenvalue weighted by molar-refractivity contribution is -0.115. The molecule has 1 unspecified atom stereocenters. The summed E-state index contributed by atoms with van der Waals surface area (Å²) in [6, 6.07) is 6.47. The summed E-state index contributed by atoms with van der Waals surface area (Å²) in [5.74, 6) is -0.588. The molecule has 2 rings (SSSR count). The van der Waals surface area contributed by atoms with Gasteiger partial charge in [0.25, 0.3) is 0 Å². The molecule has 1 aromatic rings. The standard InChI is InChI=1S/C14H19N3O4S/c1-9(22(2,20)21)13(18)15-10-3-5-11(6-4-10)16-14(19)17-12-7-8-12/h3-6,9,12H,7-8H2,1-2H3,(H,15,18)(H2,16,17,19). The van der Waals surface area contributed by atoms with Gasteiger partial charge in [-0.3, -0.25) is 4.79 Å². The highest BCUT2D eigenvalue weighted by Gasteiger charge is 2.24. The van der Waals surface area contributed by atoms with Crippen LogP contribution in [0.15, 0.2) is 24.3 Å². The number of hydrogen-bond acceptors (Lipinski definition) is 4. The minimum Gasteiger partial charge on any atom is -0.335 e. The summed E-state index contributed by atoms with van der Waals surface area (Å²) in [5, 5.41) is 6.88. The maximum Gasteiger partial charge on any atom is 0.319 e. The van der Waals surface area contributed by atoms with Crippen LogP contribution in [-0.2, 0) is 14.6 Å². The molecular weight excluding hydrogens is 306 g/mol.